The molecule has 5 unspecified atom stereocenters. The zero-order chi connectivity index (χ0) is 36.1. The first-order chi connectivity index (χ1) is 21.8. The molecule has 0 amide bonds. The third-order valence-corrected chi connectivity index (χ3v) is 8.41. The maximum Gasteiger partial charge on any atom is 0.333 e. The molecule has 0 saturated heterocycles. The molecule has 0 bridgehead atoms. The Bertz CT molecular complexity index is 1450. The number of ether oxygens (including phenoxy) is 2. The highest BCUT2D eigenvalue weighted by molar-refractivity contribution is 7.85. The zero-order valence-electron chi connectivity index (χ0n) is 27.6. The Balaban J connectivity index is 0.000000633. The number of para-hydroxylation sites is 2. The fourth-order valence-electron chi connectivity index (χ4n) is 3.03. The minimum Gasteiger partial charge on any atom is -0.465 e. The Hall–Kier alpha value is -2.94. The molecule has 12 nitrogen and oxygen atoms in total. The van der Waals surface area contributed by atoms with Gasteiger partial charge in [0.2, 0.25) is 7.37 Å². The molecule has 0 radical (unpaired) electrons. The summed E-state index contributed by atoms with van der Waals surface area (Å²) in [5, 5.41) is 3.16. The molecule has 3 aromatic carbocycles. The molecule has 0 heterocycles. The van der Waals surface area contributed by atoms with Crippen LogP contribution in [0, 0.1) is 0 Å². The molecule has 4 N–H and O–H groups in total. The lowest BCUT2D eigenvalue weighted by Gasteiger charge is -2.20. The Morgan fingerprint density at radius 1 is 0.745 bits per heavy atom. The number of carbonyl (C=O) groups is 2. The van der Waals surface area contributed by atoms with E-state index in [-0.39, 0.29) is 5.97 Å². The number of rotatable bonds is 11. The van der Waals surface area contributed by atoms with E-state index in [9.17, 15) is 23.3 Å². The third-order valence-electron chi connectivity index (χ3n) is 5.00. The molecule has 3 rings (SSSR count). The van der Waals surface area contributed by atoms with Gasteiger partial charge < -0.3 is 29.1 Å². The van der Waals surface area contributed by atoms with Gasteiger partial charge in [0, 0.05) is 25.3 Å². The van der Waals surface area contributed by atoms with E-state index in [0.29, 0.717) is 30.0 Å². The van der Waals surface area contributed by atoms with Gasteiger partial charge in [-0.15, -0.1) is 0 Å². The summed E-state index contributed by atoms with van der Waals surface area (Å²) >= 11 is 5.40. The maximum absolute atomic E-state index is 12.2. The van der Waals surface area contributed by atoms with Crippen LogP contribution < -0.4 is 25.2 Å². The summed E-state index contributed by atoms with van der Waals surface area (Å²) in [5.74, 6) is 0.240. The molecule has 262 valence electrons. The number of carbonyl (C=O) groups excluding carboxylic acids is 2. The molecular formula is C31H46ClN2O10P3. The summed E-state index contributed by atoms with van der Waals surface area (Å²) in [6, 6.07) is 25.1. The Morgan fingerprint density at radius 2 is 1.13 bits per heavy atom. The van der Waals surface area contributed by atoms with Crippen LogP contribution >= 0.6 is 32.9 Å². The highest BCUT2D eigenvalue weighted by Crippen LogP contribution is 2.48. The monoisotopic (exact) mass is 734 g/mol. The summed E-state index contributed by atoms with van der Waals surface area (Å²) in [4.78, 5) is 30.9. The van der Waals surface area contributed by atoms with Gasteiger partial charge in [-0.05, 0) is 75.3 Å². The Kier molecular flexibility index (Phi) is 21.2. The standard InChI is InChI=1S/C12H18NO4P.C7H8ClO2P.C7H9O2P.C5H11NO2/c1-4-16-12(14)10(2)13-18(3,15)17-11-8-6-5-7-9-11;1-11(8,9)10-7-5-3-2-4-6-7;1-10(8,9)7-5-3-2-4-6-7;1-3-8-5(7)4(2)6/h5-10H,4H2,1-3H3,(H,13,15);2-6H,1H3;2-6H,1H3,(H,8,9);4H,3,6H2,1-2H3. The highest BCUT2D eigenvalue weighted by atomic mass is 35.7. The average Bonchev–Trinajstić information content (AvgIpc) is 2.98. The van der Waals surface area contributed by atoms with Crippen molar-refractivity contribution in [1.82, 2.24) is 5.09 Å². The lowest BCUT2D eigenvalue weighted by atomic mass is 10.3. The summed E-state index contributed by atoms with van der Waals surface area (Å²) < 4.78 is 53.7. The van der Waals surface area contributed by atoms with Crippen LogP contribution in [0.1, 0.15) is 27.7 Å². The minimum absolute atomic E-state index is 0.290. The van der Waals surface area contributed by atoms with Crippen LogP contribution in [0.15, 0.2) is 91.0 Å². The first-order valence-electron chi connectivity index (χ1n) is 14.4. The molecular weight excluding hydrogens is 689 g/mol. The van der Waals surface area contributed by atoms with Crippen LogP contribution in [0.25, 0.3) is 0 Å². The van der Waals surface area contributed by atoms with Gasteiger partial charge in [0.1, 0.15) is 23.6 Å². The van der Waals surface area contributed by atoms with Crippen molar-refractivity contribution >= 4 is 50.1 Å². The second-order valence-electron chi connectivity index (χ2n) is 9.76. The summed E-state index contributed by atoms with van der Waals surface area (Å²) in [5.41, 5.74) is 5.15. The van der Waals surface area contributed by atoms with Crippen molar-refractivity contribution in [3.63, 3.8) is 0 Å². The van der Waals surface area contributed by atoms with E-state index in [1.165, 1.54) is 20.0 Å². The molecule has 0 aliphatic carbocycles. The fourth-order valence-corrected chi connectivity index (χ4v) is 5.88. The molecule has 0 aromatic heterocycles. The Labute approximate surface area is 282 Å². The van der Waals surface area contributed by atoms with Crippen molar-refractivity contribution < 1.29 is 46.7 Å². The molecule has 3 aromatic rings. The molecule has 47 heavy (non-hydrogen) atoms. The van der Waals surface area contributed by atoms with E-state index in [1.807, 2.05) is 18.2 Å². The number of nitrogens with two attached hydrogens (primary N) is 1. The van der Waals surface area contributed by atoms with Gasteiger partial charge in [-0.1, -0.05) is 54.6 Å². The van der Waals surface area contributed by atoms with Gasteiger partial charge in [0.25, 0.3) is 0 Å². The quantitative estimate of drug-likeness (QED) is 0.141. The van der Waals surface area contributed by atoms with Gasteiger partial charge in [0.15, 0.2) is 0 Å². The van der Waals surface area contributed by atoms with Gasteiger partial charge >= 0.3 is 26.2 Å². The van der Waals surface area contributed by atoms with Crippen LogP contribution in [0.2, 0.25) is 0 Å². The lowest BCUT2D eigenvalue weighted by Crippen LogP contribution is -2.34. The third kappa shape index (κ3) is 23.1. The second-order valence-corrected chi connectivity index (χ2v) is 17.7. The minimum atomic E-state index is -3.10. The van der Waals surface area contributed by atoms with Crippen molar-refractivity contribution in [3.05, 3.63) is 91.0 Å². The first kappa shape index (κ1) is 44.1. The van der Waals surface area contributed by atoms with Gasteiger partial charge in [0.05, 0.1) is 13.2 Å². The van der Waals surface area contributed by atoms with Gasteiger partial charge in [-0.3, -0.25) is 23.3 Å². The number of hydrogen-bond acceptors (Lipinski definition) is 10. The van der Waals surface area contributed by atoms with Gasteiger partial charge in [-0.2, -0.15) is 0 Å². The largest absolute Gasteiger partial charge is 0.465 e. The summed E-state index contributed by atoms with van der Waals surface area (Å²) in [6.45, 7) is 8.55. The number of esters is 2. The molecule has 0 spiro atoms. The molecule has 16 heteroatoms. The average molecular weight is 735 g/mol. The Morgan fingerprint density at radius 3 is 1.45 bits per heavy atom. The second kappa shape index (κ2) is 22.6. The van der Waals surface area contributed by atoms with E-state index >= 15 is 0 Å². The molecule has 0 saturated carbocycles. The number of benzene rings is 3. The van der Waals surface area contributed by atoms with Crippen molar-refractivity contribution in [1.29, 1.82) is 0 Å². The fraction of sp³-hybridized carbons (Fsp3) is 0.355. The zero-order valence-corrected chi connectivity index (χ0v) is 31.1. The lowest BCUT2D eigenvalue weighted by molar-refractivity contribution is -0.145. The highest BCUT2D eigenvalue weighted by Gasteiger charge is 2.25. The predicted octanol–water partition coefficient (Wildman–Crippen LogP) is 6.67. The number of halogens is 1. The van der Waals surface area contributed by atoms with E-state index in [0.717, 1.165) is 0 Å². The van der Waals surface area contributed by atoms with E-state index in [2.05, 4.69) is 9.82 Å². The molecule has 0 aliphatic rings. The topological polar surface area (TPSA) is 181 Å². The van der Waals surface area contributed by atoms with Crippen LogP contribution in [0.5, 0.6) is 11.5 Å². The maximum atomic E-state index is 12.2. The number of nitrogens with one attached hydrogen (secondary N) is 1. The SMILES string of the molecule is CCOC(=O)C(C)N.CCOC(=O)C(C)NP(C)(=O)Oc1ccccc1.CP(=O)(Cl)Oc1ccccc1.CP(=O)(O)c1ccccc1. The molecule has 5 atom stereocenters. The van der Waals surface area contributed by atoms with E-state index in [1.54, 1.807) is 100 Å². The van der Waals surface area contributed by atoms with Crippen LogP contribution in [-0.2, 0) is 32.8 Å². The van der Waals surface area contributed by atoms with Crippen LogP contribution in [-0.4, -0.2) is 62.1 Å². The van der Waals surface area contributed by atoms with Crippen molar-refractivity contribution in [2.24, 2.45) is 5.73 Å². The number of hydrogen-bond donors (Lipinski definition) is 3. The van der Waals surface area contributed by atoms with Crippen LogP contribution in [0.3, 0.4) is 0 Å². The first-order valence-corrected chi connectivity index (χ1v) is 21.5. The summed E-state index contributed by atoms with van der Waals surface area (Å²) in [7, 11) is -6.12. The van der Waals surface area contributed by atoms with Crippen molar-refractivity contribution in [2.75, 3.05) is 33.2 Å². The van der Waals surface area contributed by atoms with E-state index < -0.39 is 39.7 Å². The molecule has 0 fully saturated rings. The van der Waals surface area contributed by atoms with Gasteiger partial charge in [-0.25, -0.2) is 5.09 Å². The smallest absolute Gasteiger partial charge is 0.333 e. The predicted molar refractivity (Wildman–Crippen MR) is 188 cm³/mol. The molecule has 0 aliphatic heterocycles. The normalized spacial score (nSPS) is 15.2. The van der Waals surface area contributed by atoms with E-state index in [4.69, 9.17) is 35.7 Å². The summed E-state index contributed by atoms with van der Waals surface area (Å²) in [6.07, 6.45) is 0. The van der Waals surface area contributed by atoms with Crippen LogP contribution in [0.4, 0.5) is 0 Å². The van der Waals surface area contributed by atoms with Crippen molar-refractivity contribution in [3.8, 4) is 11.5 Å². The van der Waals surface area contributed by atoms with Crippen molar-refractivity contribution in [2.45, 2.75) is 39.8 Å².